The molecule has 5 heteroatoms. The van der Waals surface area contributed by atoms with E-state index in [0.717, 1.165) is 54.2 Å². The SMILES string of the molecule is Cc1ccc2nc3ccccc3c(CN3CCc4nc(-c5cccnc5)ncc4C3)c2c1. The Hall–Kier alpha value is -3.70. The molecular weight excluding hydrogens is 394 g/mol. The first kappa shape index (κ1) is 19.0. The molecule has 0 fully saturated rings. The number of hydrogen-bond donors (Lipinski definition) is 0. The van der Waals surface area contributed by atoms with E-state index in [1.165, 1.54) is 27.5 Å². The molecule has 6 rings (SSSR count). The second-order valence-corrected chi connectivity index (χ2v) is 8.50. The highest BCUT2D eigenvalue weighted by Gasteiger charge is 2.21. The zero-order valence-corrected chi connectivity index (χ0v) is 18.0. The molecule has 32 heavy (non-hydrogen) atoms. The maximum absolute atomic E-state index is 4.90. The first-order chi connectivity index (χ1) is 15.7. The number of pyridine rings is 2. The Bertz CT molecular complexity index is 1450. The molecule has 5 aromatic rings. The van der Waals surface area contributed by atoms with Crippen LogP contribution in [0.1, 0.15) is 22.4 Å². The Morgan fingerprint density at radius 3 is 2.72 bits per heavy atom. The van der Waals surface area contributed by atoms with Crippen molar-refractivity contribution < 1.29 is 0 Å². The lowest BCUT2D eigenvalue weighted by atomic mass is 9.99. The van der Waals surface area contributed by atoms with Crippen LogP contribution in [-0.4, -0.2) is 31.4 Å². The fraction of sp³-hybridized carbons (Fsp3) is 0.185. The van der Waals surface area contributed by atoms with Gasteiger partial charge in [-0.2, -0.15) is 0 Å². The smallest absolute Gasteiger partial charge is 0.160 e. The van der Waals surface area contributed by atoms with Crippen LogP contribution in [0.2, 0.25) is 0 Å². The standard InChI is InChI=1S/C27H23N5/c1-18-8-9-26-22(13-18)23(21-6-2-3-7-25(21)30-26)17-32-12-10-24-20(16-32)15-29-27(31-24)19-5-4-11-28-14-19/h2-9,11,13-15H,10,12,16-17H2,1H3. The summed E-state index contributed by atoms with van der Waals surface area (Å²) in [5.41, 5.74) is 8.05. The highest BCUT2D eigenvalue weighted by molar-refractivity contribution is 5.97. The van der Waals surface area contributed by atoms with Crippen LogP contribution in [0.4, 0.5) is 0 Å². The van der Waals surface area contributed by atoms with Gasteiger partial charge in [0.05, 0.1) is 16.7 Å². The number of aryl methyl sites for hydroxylation is 1. The lowest BCUT2D eigenvalue weighted by molar-refractivity contribution is 0.244. The van der Waals surface area contributed by atoms with Crippen molar-refractivity contribution in [3.63, 3.8) is 0 Å². The quantitative estimate of drug-likeness (QED) is 0.382. The van der Waals surface area contributed by atoms with Gasteiger partial charge in [-0.05, 0) is 42.8 Å². The van der Waals surface area contributed by atoms with Crippen molar-refractivity contribution in [3.05, 3.63) is 95.6 Å². The molecule has 0 saturated carbocycles. The fourth-order valence-electron chi connectivity index (χ4n) is 4.63. The van der Waals surface area contributed by atoms with Crippen LogP contribution in [0.3, 0.4) is 0 Å². The number of aromatic nitrogens is 4. The normalized spacial score (nSPS) is 14.0. The van der Waals surface area contributed by atoms with E-state index in [1.54, 1.807) is 6.20 Å². The van der Waals surface area contributed by atoms with Crippen molar-refractivity contribution in [2.24, 2.45) is 0 Å². The summed E-state index contributed by atoms with van der Waals surface area (Å²) in [6, 6.07) is 18.9. The van der Waals surface area contributed by atoms with E-state index in [-0.39, 0.29) is 0 Å². The third-order valence-corrected chi connectivity index (χ3v) is 6.26. The zero-order chi connectivity index (χ0) is 21.5. The lowest BCUT2D eigenvalue weighted by Gasteiger charge is -2.29. The minimum Gasteiger partial charge on any atom is -0.294 e. The Labute approximate surface area is 186 Å². The highest BCUT2D eigenvalue weighted by Crippen LogP contribution is 2.30. The summed E-state index contributed by atoms with van der Waals surface area (Å²) in [5.74, 6) is 0.756. The second kappa shape index (κ2) is 7.77. The Morgan fingerprint density at radius 2 is 1.81 bits per heavy atom. The highest BCUT2D eigenvalue weighted by atomic mass is 15.1. The minimum absolute atomic E-state index is 0.756. The molecular formula is C27H23N5. The molecule has 0 saturated heterocycles. The van der Waals surface area contributed by atoms with Crippen LogP contribution in [0.15, 0.2) is 73.2 Å². The average molecular weight is 418 g/mol. The number of nitrogens with zero attached hydrogens (tertiary/aromatic N) is 5. The maximum Gasteiger partial charge on any atom is 0.160 e. The number of hydrogen-bond acceptors (Lipinski definition) is 5. The molecule has 0 radical (unpaired) electrons. The number of benzene rings is 2. The van der Waals surface area contributed by atoms with Gasteiger partial charge in [0.25, 0.3) is 0 Å². The van der Waals surface area contributed by atoms with Gasteiger partial charge in [-0.3, -0.25) is 9.88 Å². The Morgan fingerprint density at radius 1 is 0.906 bits per heavy atom. The molecule has 5 nitrogen and oxygen atoms in total. The molecule has 4 heterocycles. The second-order valence-electron chi connectivity index (χ2n) is 8.50. The van der Waals surface area contributed by atoms with Crippen molar-refractivity contribution in [3.8, 4) is 11.4 Å². The topological polar surface area (TPSA) is 54.8 Å². The van der Waals surface area contributed by atoms with Crippen LogP contribution in [0.25, 0.3) is 33.2 Å². The van der Waals surface area contributed by atoms with E-state index >= 15 is 0 Å². The summed E-state index contributed by atoms with van der Waals surface area (Å²) >= 11 is 0. The van der Waals surface area contributed by atoms with Crippen molar-refractivity contribution in [1.82, 2.24) is 24.8 Å². The summed E-state index contributed by atoms with van der Waals surface area (Å²) in [4.78, 5) is 21.1. The molecule has 0 spiro atoms. The molecule has 1 aliphatic heterocycles. The van der Waals surface area contributed by atoms with Crippen LogP contribution in [0.5, 0.6) is 0 Å². The summed E-state index contributed by atoms with van der Waals surface area (Å²) in [6.45, 7) is 4.85. The predicted octanol–water partition coefficient (Wildman–Crippen LogP) is 5.11. The summed E-state index contributed by atoms with van der Waals surface area (Å²) in [5, 5.41) is 2.48. The molecule has 156 valence electrons. The maximum atomic E-state index is 4.90. The van der Waals surface area contributed by atoms with Crippen molar-refractivity contribution in [2.45, 2.75) is 26.4 Å². The first-order valence-corrected chi connectivity index (χ1v) is 11.0. The van der Waals surface area contributed by atoms with Crippen molar-refractivity contribution >= 4 is 21.8 Å². The molecule has 0 aliphatic carbocycles. The first-order valence-electron chi connectivity index (χ1n) is 11.0. The van der Waals surface area contributed by atoms with E-state index in [9.17, 15) is 0 Å². The number of rotatable bonds is 3. The zero-order valence-electron chi connectivity index (χ0n) is 18.0. The van der Waals surface area contributed by atoms with Gasteiger partial charge in [-0.25, -0.2) is 15.0 Å². The van der Waals surface area contributed by atoms with E-state index in [0.29, 0.717) is 0 Å². The molecule has 2 aromatic carbocycles. The van der Waals surface area contributed by atoms with E-state index in [1.807, 2.05) is 24.5 Å². The molecule has 1 aliphatic rings. The molecule has 0 unspecified atom stereocenters. The monoisotopic (exact) mass is 417 g/mol. The Kier molecular flexibility index (Phi) is 4.62. The molecule has 0 N–H and O–H groups in total. The predicted molar refractivity (Wildman–Crippen MR) is 127 cm³/mol. The minimum atomic E-state index is 0.756. The van der Waals surface area contributed by atoms with Gasteiger partial charge in [0, 0.05) is 66.5 Å². The number of fused-ring (bicyclic) bond motifs is 3. The van der Waals surface area contributed by atoms with Crippen LogP contribution >= 0.6 is 0 Å². The molecule has 0 bridgehead atoms. The van der Waals surface area contributed by atoms with Gasteiger partial charge < -0.3 is 0 Å². The molecule has 0 atom stereocenters. The third kappa shape index (κ3) is 3.41. The van der Waals surface area contributed by atoms with Gasteiger partial charge in [-0.15, -0.1) is 0 Å². The summed E-state index contributed by atoms with van der Waals surface area (Å²) in [6.07, 6.45) is 6.50. The van der Waals surface area contributed by atoms with Crippen LogP contribution < -0.4 is 0 Å². The molecule has 3 aromatic heterocycles. The van der Waals surface area contributed by atoms with E-state index in [4.69, 9.17) is 9.97 Å². The van der Waals surface area contributed by atoms with Crippen molar-refractivity contribution in [2.75, 3.05) is 6.54 Å². The van der Waals surface area contributed by atoms with Gasteiger partial charge in [0.2, 0.25) is 0 Å². The summed E-state index contributed by atoms with van der Waals surface area (Å²) < 4.78 is 0. The van der Waals surface area contributed by atoms with Gasteiger partial charge in [0.1, 0.15) is 0 Å². The molecule has 0 amide bonds. The largest absolute Gasteiger partial charge is 0.294 e. The van der Waals surface area contributed by atoms with Gasteiger partial charge in [-0.1, -0.05) is 29.8 Å². The third-order valence-electron chi connectivity index (χ3n) is 6.26. The number of para-hydroxylation sites is 1. The summed E-state index contributed by atoms with van der Waals surface area (Å²) in [7, 11) is 0. The Balaban J connectivity index is 1.35. The van der Waals surface area contributed by atoms with Gasteiger partial charge in [0.15, 0.2) is 5.82 Å². The van der Waals surface area contributed by atoms with E-state index < -0.39 is 0 Å². The fourth-order valence-corrected chi connectivity index (χ4v) is 4.63. The van der Waals surface area contributed by atoms with E-state index in [2.05, 4.69) is 64.3 Å². The van der Waals surface area contributed by atoms with Crippen LogP contribution in [-0.2, 0) is 19.5 Å². The lowest BCUT2D eigenvalue weighted by Crippen LogP contribution is -2.31. The van der Waals surface area contributed by atoms with Crippen molar-refractivity contribution in [1.29, 1.82) is 0 Å². The van der Waals surface area contributed by atoms with Crippen LogP contribution in [0, 0.1) is 6.92 Å². The van der Waals surface area contributed by atoms with Gasteiger partial charge >= 0.3 is 0 Å². The average Bonchev–Trinajstić information content (AvgIpc) is 2.84.